The topological polar surface area (TPSA) is 30.2 Å². The molecule has 0 aromatic carbocycles. The van der Waals surface area contributed by atoms with Gasteiger partial charge in [-0.15, -0.1) is 0 Å². The number of carbonyl (C=O) groups excluding carboxylic acids is 1. The van der Waals surface area contributed by atoms with E-state index in [0.717, 1.165) is 19.3 Å². The molecule has 1 heterocycles. The number of aromatic nitrogens is 1. The summed E-state index contributed by atoms with van der Waals surface area (Å²) in [5.74, 6) is 0. The number of rotatable bonds is 4. The number of pyridine rings is 1. The molecule has 3 nitrogen and oxygen atoms in total. The Labute approximate surface area is 103 Å². The number of ether oxygens (including phenoxy) is 1. The van der Waals surface area contributed by atoms with Crippen molar-refractivity contribution in [2.24, 2.45) is 0 Å². The highest BCUT2D eigenvalue weighted by Gasteiger charge is 2.14. The molecule has 0 radical (unpaired) electrons. The number of hydrogen-bond donors (Lipinski definition) is 0. The lowest BCUT2D eigenvalue weighted by molar-refractivity contribution is -0.586. The van der Waals surface area contributed by atoms with Gasteiger partial charge in [0.2, 0.25) is 0 Å². The average Bonchev–Trinajstić information content (AvgIpc) is 2.27. The van der Waals surface area contributed by atoms with Crippen LogP contribution < -0.4 is 17.0 Å². The van der Waals surface area contributed by atoms with Gasteiger partial charge in [0, 0.05) is 11.6 Å². The van der Waals surface area contributed by atoms with Gasteiger partial charge in [-0.25, -0.2) is 0 Å². The van der Waals surface area contributed by atoms with Crippen molar-refractivity contribution in [1.82, 2.24) is 0 Å². The SMILES string of the molecule is CCCCc1ccc[n+](C(=O)OCC)c1.[Cl-]. The number of aryl methyl sites for hydroxylation is 1. The van der Waals surface area contributed by atoms with Gasteiger partial charge in [-0.05, 0) is 25.8 Å². The average molecular weight is 244 g/mol. The molecule has 0 fully saturated rings. The number of carbonyl (C=O) groups is 1. The van der Waals surface area contributed by atoms with Gasteiger partial charge in [-0.1, -0.05) is 17.9 Å². The van der Waals surface area contributed by atoms with Crippen LogP contribution in [0.1, 0.15) is 32.3 Å². The summed E-state index contributed by atoms with van der Waals surface area (Å²) in [5.41, 5.74) is 1.17. The summed E-state index contributed by atoms with van der Waals surface area (Å²) >= 11 is 0. The Morgan fingerprint density at radius 3 is 2.81 bits per heavy atom. The highest BCUT2D eigenvalue weighted by molar-refractivity contribution is 5.56. The molecule has 0 saturated carbocycles. The molecule has 0 unspecified atom stereocenters. The maximum absolute atomic E-state index is 11.4. The molecule has 1 aromatic rings. The lowest BCUT2D eigenvalue weighted by Crippen LogP contribution is -3.00. The zero-order valence-corrected chi connectivity index (χ0v) is 10.5. The molecule has 4 heteroatoms. The largest absolute Gasteiger partial charge is 1.00 e. The van der Waals surface area contributed by atoms with Crippen LogP contribution in [0.25, 0.3) is 0 Å². The Balaban J connectivity index is 0.00000225. The van der Waals surface area contributed by atoms with E-state index in [-0.39, 0.29) is 18.5 Å². The third-order valence-electron chi connectivity index (χ3n) is 2.16. The fourth-order valence-electron chi connectivity index (χ4n) is 1.36. The van der Waals surface area contributed by atoms with Gasteiger partial charge in [0.25, 0.3) is 0 Å². The van der Waals surface area contributed by atoms with Gasteiger partial charge in [-0.3, -0.25) is 0 Å². The molecule has 0 atom stereocenters. The first-order valence-corrected chi connectivity index (χ1v) is 5.45. The Bertz CT molecular complexity index is 329. The molecule has 0 amide bonds. The minimum absolute atomic E-state index is 0. The summed E-state index contributed by atoms with van der Waals surface area (Å²) in [6, 6.07) is 3.91. The summed E-state index contributed by atoms with van der Waals surface area (Å²) in [7, 11) is 0. The normalized spacial score (nSPS) is 9.38. The van der Waals surface area contributed by atoms with Crippen molar-refractivity contribution in [3.8, 4) is 0 Å². The molecule has 0 aliphatic rings. The summed E-state index contributed by atoms with van der Waals surface area (Å²) in [6.45, 7) is 4.37. The second kappa shape index (κ2) is 8.11. The monoisotopic (exact) mass is 243 g/mol. The van der Waals surface area contributed by atoms with E-state index in [1.54, 1.807) is 13.1 Å². The van der Waals surface area contributed by atoms with E-state index < -0.39 is 0 Å². The molecule has 16 heavy (non-hydrogen) atoms. The fraction of sp³-hybridized carbons (Fsp3) is 0.500. The molecule has 0 saturated heterocycles. The number of unbranched alkanes of at least 4 members (excludes halogenated alkanes) is 1. The summed E-state index contributed by atoms with van der Waals surface area (Å²) < 4.78 is 6.41. The van der Waals surface area contributed by atoms with Gasteiger partial charge in [0.1, 0.15) is 0 Å². The van der Waals surface area contributed by atoms with Gasteiger partial charge in [-0.2, -0.15) is 4.79 Å². The third-order valence-corrected chi connectivity index (χ3v) is 2.16. The van der Waals surface area contributed by atoms with Crippen molar-refractivity contribution in [2.75, 3.05) is 6.61 Å². The zero-order chi connectivity index (χ0) is 11.1. The molecule has 0 bridgehead atoms. The number of halogens is 1. The van der Waals surface area contributed by atoms with Gasteiger partial charge in [0.15, 0.2) is 12.4 Å². The number of hydrogen-bond acceptors (Lipinski definition) is 2. The van der Waals surface area contributed by atoms with Gasteiger partial charge < -0.3 is 17.1 Å². The van der Waals surface area contributed by atoms with Crippen molar-refractivity contribution in [3.63, 3.8) is 0 Å². The summed E-state index contributed by atoms with van der Waals surface area (Å²) in [6.07, 6.45) is 6.56. The second-order valence-corrected chi connectivity index (χ2v) is 3.42. The van der Waals surface area contributed by atoms with Crippen LogP contribution in [-0.2, 0) is 11.2 Å². The predicted octanol–water partition coefficient (Wildman–Crippen LogP) is -0.675. The molecule has 0 spiro atoms. The van der Waals surface area contributed by atoms with Crippen molar-refractivity contribution < 1.29 is 26.5 Å². The van der Waals surface area contributed by atoms with Crippen molar-refractivity contribution >= 4 is 6.09 Å². The molecule has 0 aliphatic carbocycles. The molecule has 1 aromatic heterocycles. The second-order valence-electron chi connectivity index (χ2n) is 3.42. The summed E-state index contributed by atoms with van der Waals surface area (Å²) in [5, 5.41) is 0. The van der Waals surface area contributed by atoms with Crippen LogP contribution in [0, 0.1) is 0 Å². The molecular weight excluding hydrogens is 226 g/mol. The minimum Gasteiger partial charge on any atom is -1.00 e. The van der Waals surface area contributed by atoms with E-state index in [9.17, 15) is 4.79 Å². The van der Waals surface area contributed by atoms with Crippen molar-refractivity contribution in [2.45, 2.75) is 33.1 Å². The van der Waals surface area contributed by atoms with E-state index in [4.69, 9.17) is 4.74 Å². The first-order valence-electron chi connectivity index (χ1n) is 5.45. The Hall–Kier alpha value is -1.09. The van der Waals surface area contributed by atoms with Crippen LogP contribution in [0.15, 0.2) is 24.5 Å². The van der Waals surface area contributed by atoms with Crippen molar-refractivity contribution in [1.29, 1.82) is 0 Å². The van der Waals surface area contributed by atoms with Crippen LogP contribution in [0.3, 0.4) is 0 Å². The van der Waals surface area contributed by atoms with Gasteiger partial charge >= 0.3 is 6.09 Å². The maximum Gasteiger partial charge on any atom is 0.601 e. The van der Waals surface area contributed by atoms with Crippen LogP contribution >= 0.6 is 0 Å². The van der Waals surface area contributed by atoms with Crippen LogP contribution in [-0.4, -0.2) is 12.7 Å². The zero-order valence-electron chi connectivity index (χ0n) is 9.78. The summed E-state index contributed by atoms with van der Waals surface area (Å²) in [4.78, 5) is 11.4. The Morgan fingerprint density at radius 1 is 1.44 bits per heavy atom. The molecule has 90 valence electrons. The van der Waals surface area contributed by atoms with Gasteiger partial charge in [0.05, 0.1) is 6.61 Å². The van der Waals surface area contributed by atoms with E-state index in [2.05, 4.69) is 6.92 Å². The maximum atomic E-state index is 11.4. The van der Waals surface area contributed by atoms with Crippen LogP contribution in [0.2, 0.25) is 0 Å². The van der Waals surface area contributed by atoms with E-state index in [0.29, 0.717) is 6.61 Å². The lowest BCUT2D eigenvalue weighted by atomic mass is 10.1. The van der Waals surface area contributed by atoms with E-state index in [1.807, 2.05) is 18.3 Å². The van der Waals surface area contributed by atoms with Crippen LogP contribution in [0.5, 0.6) is 0 Å². The highest BCUT2D eigenvalue weighted by atomic mass is 35.5. The lowest BCUT2D eigenvalue weighted by Gasteiger charge is -1.98. The van der Waals surface area contributed by atoms with E-state index >= 15 is 0 Å². The Morgan fingerprint density at radius 2 is 2.19 bits per heavy atom. The molecule has 0 N–H and O–H groups in total. The van der Waals surface area contributed by atoms with Crippen LogP contribution in [0.4, 0.5) is 4.79 Å². The molecule has 1 rings (SSSR count). The minimum atomic E-state index is -0.309. The first-order chi connectivity index (χ1) is 7.27. The predicted molar refractivity (Wildman–Crippen MR) is 57.7 cm³/mol. The molecular formula is C12H18ClNO2. The standard InChI is InChI=1S/C12H18NO2.ClH/c1-3-5-7-11-8-6-9-13(10-11)12(14)15-4-2;/h6,8-10H,3-5,7H2,1-2H3;1H/q+1;/p-1. The first kappa shape index (κ1) is 14.9. The van der Waals surface area contributed by atoms with E-state index in [1.165, 1.54) is 10.1 Å². The highest BCUT2D eigenvalue weighted by Crippen LogP contribution is 2.01. The quantitative estimate of drug-likeness (QED) is 0.657. The van der Waals surface area contributed by atoms with Crippen molar-refractivity contribution in [3.05, 3.63) is 30.1 Å². The third kappa shape index (κ3) is 4.62. The molecule has 0 aliphatic heterocycles. The Kier molecular flexibility index (Phi) is 7.56. The number of nitrogens with zero attached hydrogens (tertiary/aromatic N) is 1. The fourth-order valence-corrected chi connectivity index (χ4v) is 1.36. The smallest absolute Gasteiger partial charge is 0.601 e.